The molecule has 10 heteroatoms. The fourth-order valence-corrected chi connectivity index (χ4v) is 4.53. The molecule has 34 heavy (non-hydrogen) atoms. The maximum Gasteiger partial charge on any atom is 0.270 e. The van der Waals surface area contributed by atoms with Gasteiger partial charge in [0.15, 0.2) is 5.11 Å². The summed E-state index contributed by atoms with van der Waals surface area (Å²) in [6.07, 6.45) is 1.35. The number of nitro groups is 1. The zero-order valence-corrected chi connectivity index (χ0v) is 20.0. The summed E-state index contributed by atoms with van der Waals surface area (Å²) in [5.41, 5.74) is 1.53. The second-order valence-corrected chi connectivity index (χ2v) is 9.27. The maximum atomic E-state index is 13.3. The van der Waals surface area contributed by atoms with Gasteiger partial charge in [0.25, 0.3) is 17.5 Å². The molecule has 3 aromatic carbocycles. The van der Waals surface area contributed by atoms with Gasteiger partial charge in [0.1, 0.15) is 5.57 Å². The molecule has 1 N–H and O–H groups in total. The molecule has 1 heterocycles. The lowest BCUT2D eigenvalue weighted by atomic mass is 10.1. The number of amides is 2. The summed E-state index contributed by atoms with van der Waals surface area (Å²) in [5, 5.41) is 14.3. The second kappa shape index (κ2) is 9.76. The van der Waals surface area contributed by atoms with Crippen molar-refractivity contribution in [1.29, 1.82) is 0 Å². The van der Waals surface area contributed by atoms with Gasteiger partial charge >= 0.3 is 0 Å². The van der Waals surface area contributed by atoms with Gasteiger partial charge in [-0.25, -0.2) is 0 Å². The highest BCUT2D eigenvalue weighted by molar-refractivity contribution is 7.99. The maximum absolute atomic E-state index is 13.3. The Morgan fingerprint density at radius 3 is 2.38 bits per heavy atom. The Morgan fingerprint density at radius 2 is 1.74 bits per heavy atom. The van der Waals surface area contributed by atoms with Crippen molar-refractivity contribution in [2.75, 3.05) is 4.90 Å². The van der Waals surface area contributed by atoms with E-state index in [1.807, 2.05) is 31.2 Å². The van der Waals surface area contributed by atoms with Crippen LogP contribution in [0.15, 0.2) is 82.1 Å². The first-order chi connectivity index (χ1) is 16.2. The molecule has 7 nitrogen and oxygen atoms in total. The number of aryl methyl sites for hydroxylation is 1. The van der Waals surface area contributed by atoms with Gasteiger partial charge < -0.3 is 0 Å². The highest BCUT2D eigenvalue weighted by atomic mass is 35.5. The van der Waals surface area contributed by atoms with Crippen LogP contribution in [0.25, 0.3) is 6.08 Å². The van der Waals surface area contributed by atoms with Crippen LogP contribution in [0.5, 0.6) is 0 Å². The van der Waals surface area contributed by atoms with Crippen molar-refractivity contribution in [3.8, 4) is 0 Å². The summed E-state index contributed by atoms with van der Waals surface area (Å²) < 4.78 is 0. The standard InChI is InChI=1S/C24H16ClN3O4S2/c1-14-2-9-19(10-3-14)34-21-11-8-18(28(31)32)12-15(21)13-20-22(29)26-24(33)27(23(20)30)17-6-4-16(25)5-7-17/h2-13H,1H3,(H,26,29,33)/b20-13+. The molecule has 1 aliphatic heterocycles. The van der Waals surface area contributed by atoms with E-state index in [0.29, 0.717) is 21.2 Å². The van der Waals surface area contributed by atoms with Crippen LogP contribution in [-0.2, 0) is 9.59 Å². The lowest BCUT2D eigenvalue weighted by Crippen LogP contribution is -2.54. The van der Waals surface area contributed by atoms with Crippen molar-refractivity contribution in [2.24, 2.45) is 0 Å². The molecule has 0 saturated carbocycles. The first-order valence-electron chi connectivity index (χ1n) is 9.93. The second-order valence-electron chi connectivity index (χ2n) is 7.33. The van der Waals surface area contributed by atoms with Gasteiger partial charge in [-0.05, 0) is 73.2 Å². The number of rotatable bonds is 5. The van der Waals surface area contributed by atoms with Crippen LogP contribution in [0.4, 0.5) is 11.4 Å². The minimum absolute atomic E-state index is 0.0669. The molecule has 0 spiro atoms. The average molecular weight is 510 g/mol. The Bertz CT molecular complexity index is 1360. The molecule has 0 unspecified atom stereocenters. The van der Waals surface area contributed by atoms with Crippen LogP contribution in [-0.4, -0.2) is 21.9 Å². The quantitative estimate of drug-likeness (QED) is 0.160. The molecule has 1 saturated heterocycles. The normalized spacial score (nSPS) is 14.9. The molecule has 0 aliphatic carbocycles. The Balaban J connectivity index is 1.77. The molecule has 0 bridgehead atoms. The van der Waals surface area contributed by atoms with Crippen LogP contribution in [0.1, 0.15) is 11.1 Å². The summed E-state index contributed by atoms with van der Waals surface area (Å²) in [6, 6.07) is 18.5. The summed E-state index contributed by atoms with van der Waals surface area (Å²) in [5.74, 6) is -1.33. The van der Waals surface area contributed by atoms with Crippen molar-refractivity contribution >= 4 is 70.0 Å². The van der Waals surface area contributed by atoms with Crippen molar-refractivity contribution < 1.29 is 14.5 Å². The smallest absolute Gasteiger partial charge is 0.270 e. The molecule has 1 fully saturated rings. The van der Waals surface area contributed by atoms with Crippen LogP contribution in [0.2, 0.25) is 5.02 Å². The van der Waals surface area contributed by atoms with E-state index in [1.165, 1.54) is 34.9 Å². The van der Waals surface area contributed by atoms with E-state index < -0.39 is 16.7 Å². The Kier molecular flexibility index (Phi) is 6.78. The first-order valence-corrected chi connectivity index (χ1v) is 11.5. The van der Waals surface area contributed by atoms with Crippen molar-refractivity contribution in [1.82, 2.24) is 5.32 Å². The van der Waals surface area contributed by atoms with E-state index in [9.17, 15) is 19.7 Å². The minimum Gasteiger partial charge on any atom is -0.298 e. The third-order valence-electron chi connectivity index (χ3n) is 4.94. The molecular weight excluding hydrogens is 494 g/mol. The van der Waals surface area contributed by atoms with Gasteiger partial charge in [-0.3, -0.25) is 29.9 Å². The number of anilines is 1. The highest BCUT2D eigenvalue weighted by Gasteiger charge is 2.34. The highest BCUT2D eigenvalue weighted by Crippen LogP contribution is 2.34. The van der Waals surface area contributed by atoms with E-state index in [-0.39, 0.29) is 16.4 Å². The van der Waals surface area contributed by atoms with Gasteiger partial charge in [-0.2, -0.15) is 0 Å². The number of nitro benzene ring substituents is 1. The monoisotopic (exact) mass is 509 g/mol. The molecule has 0 radical (unpaired) electrons. The van der Waals surface area contributed by atoms with E-state index in [4.69, 9.17) is 23.8 Å². The van der Waals surface area contributed by atoms with Crippen LogP contribution in [0.3, 0.4) is 0 Å². The van der Waals surface area contributed by atoms with E-state index in [1.54, 1.807) is 30.3 Å². The Labute approximate surface area is 209 Å². The minimum atomic E-state index is -0.682. The lowest BCUT2D eigenvalue weighted by molar-refractivity contribution is -0.384. The van der Waals surface area contributed by atoms with E-state index in [2.05, 4.69) is 5.32 Å². The van der Waals surface area contributed by atoms with Crippen molar-refractivity contribution in [2.45, 2.75) is 16.7 Å². The molecule has 3 aromatic rings. The predicted molar refractivity (Wildman–Crippen MR) is 136 cm³/mol. The molecule has 4 rings (SSSR count). The van der Waals surface area contributed by atoms with Gasteiger partial charge in [0.2, 0.25) is 0 Å². The van der Waals surface area contributed by atoms with Crippen LogP contribution >= 0.6 is 35.6 Å². The van der Waals surface area contributed by atoms with Crippen molar-refractivity contribution in [3.05, 3.63) is 98.6 Å². The van der Waals surface area contributed by atoms with Gasteiger partial charge in [-0.15, -0.1) is 0 Å². The van der Waals surface area contributed by atoms with Crippen molar-refractivity contribution in [3.63, 3.8) is 0 Å². The number of nitrogens with zero attached hydrogens (tertiary/aromatic N) is 2. The average Bonchev–Trinajstić information content (AvgIpc) is 2.80. The number of hydrogen-bond donors (Lipinski definition) is 1. The largest absolute Gasteiger partial charge is 0.298 e. The third kappa shape index (κ3) is 5.01. The zero-order valence-electron chi connectivity index (χ0n) is 17.7. The van der Waals surface area contributed by atoms with Crippen LogP contribution < -0.4 is 10.2 Å². The summed E-state index contributed by atoms with van der Waals surface area (Å²) in [6.45, 7) is 1.97. The molecule has 170 valence electrons. The topological polar surface area (TPSA) is 92.5 Å². The number of nitrogens with one attached hydrogen (secondary N) is 1. The first kappa shape index (κ1) is 23.6. The van der Waals surface area contributed by atoms with Gasteiger partial charge in [-0.1, -0.05) is 41.1 Å². The Morgan fingerprint density at radius 1 is 1.06 bits per heavy atom. The number of benzene rings is 3. The molecule has 0 atom stereocenters. The number of non-ortho nitro benzene ring substituents is 1. The predicted octanol–water partition coefficient (Wildman–Crippen LogP) is 5.54. The fourth-order valence-electron chi connectivity index (χ4n) is 3.23. The van der Waals surface area contributed by atoms with E-state index >= 15 is 0 Å². The summed E-state index contributed by atoms with van der Waals surface area (Å²) in [7, 11) is 0. The number of halogens is 1. The molecule has 0 aromatic heterocycles. The molecular formula is C24H16ClN3O4S2. The van der Waals surface area contributed by atoms with Crippen LogP contribution in [0, 0.1) is 17.0 Å². The molecule has 2 amide bonds. The summed E-state index contributed by atoms with van der Waals surface area (Å²) >= 11 is 12.5. The van der Waals surface area contributed by atoms with Gasteiger partial charge in [0, 0.05) is 26.9 Å². The zero-order chi connectivity index (χ0) is 24.4. The number of thiocarbonyl (C=S) groups is 1. The third-order valence-corrected chi connectivity index (χ3v) is 6.58. The fraction of sp³-hybridized carbons (Fsp3) is 0.0417. The lowest BCUT2D eigenvalue weighted by Gasteiger charge is -2.29. The number of carbonyl (C=O) groups is 2. The molecule has 1 aliphatic rings. The number of carbonyl (C=O) groups excluding carboxylic acids is 2. The Hall–Kier alpha value is -3.53. The van der Waals surface area contributed by atoms with E-state index in [0.717, 1.165) is 10.5 Å². The summed E-state index contributed by atoms with van der Waals surface area (Å²) in [4.78, 5) is 39.6. The SMILES string of the molecule is Cc1ccc(Sc2ccc([N+](=O)[O-])cc2/C=C2\C(=O)NC(=S)N(c3ccc(Cl)cc3)C2=O)cc1. The number of hydrogen-bond acceptors (Lipinski definition) is 6. The van der Waals surface area contributed by atoms with Gasteiger partial charge in [0.05, 0.1) is 10.6 Å².